The molecule has 0 atom stereocenters. The molecule has 3 aromatic carbocycles. The lowest BCUT2D eigenvalue weighted by atomic mass is 10.1. The third-order valence-corrected chi connectivity index (χ3v) is 3.48. The molecule has 0 aliphatic heterocycles. The summed E-state index contributed by atoms with van der Waals surface area (Å²) >= 11 is 0. The van der Waals surface area contributed by atoms with Gasteiger partial charge in [0, 0.05) is 0 Å². The highest BCUT2D eigenvalue weighted by Gasteiger charge is 2.00. The van der Waals surface area contributed by atoms with Crippen molar-refractivity contribution in [1.29, 1.82) is 0 Å². The van der Waals surface area contributed by atoms with Crippen LogP contribution in [0.3, 0.4) is 0 Å². The maximum absolute atomic E-state index is 11.3. The normalized spacial score (nSPS) is 9.91. The number of benzene rings is 3. The number of hydrogen-bond acceptors (Lipinski definition) is 2. The Bertz CT molecular complexity index is 874. The standard InChI is InChI=1S/C11H8O2.C10H8/c12-11-10(7-4-8-13-11)9-5-2-1-3-6-9;1-2-6-10-8-4-3-7-9(10)5-1/h1-8H;1-8H. The van der Waals surface area contributed by atoms with Crippen molar-refractivity contribution < 1.29 is 4.42 Å². The van der Waals surface area contributed by atoms with Gasteiger partial charge in [0.2, 0.25) is 0 Å². The van der Waals surface area contributed by atoms with Gasteiger partial charge in [-0.25, -0.2) is 4.79 Å². The van der Waals surface area contributed by atoms with E-state index in [4.69, 9.17) is 4.42 Å². The molecule has 4 aromatic rings. The van der Waals surface area contributed by atoms with E-state index in [-0.39, 0.29) is 5.63 Å². The SMILES string of the molecule is O=c1occcc1-c1ccccc1.c1ccc2ccccc2c1. The Hall–Kier alpha value is -3.13. The average molecular weight is 300 g/mol. The van der Waals surface area contributed by atoms with Gasteiger partial charge in [0.25, 0.3) is 0 Å². The highest BCUT2D eigenvalue weighted by molar-refractivity contribution is 5.82. The van der Waals surface area contributed by atoms with E-state index in [1.807, 2.05) is 30.3 Å². The van der Waals surface area contributed by atoms with Gasteiger partial charge in [0.1, 0.15) is 0 Å². The third-order valence-electron chi connectivity index (χ3n) is 3.48. The minimum atomic E-state index is -0.297. The monoisotopic (exact) mass is 300 g/mol. The predicted molar refractivity (Wildman–Crippen MR) is 94.4 cm³/mol. The van der Waals surface area contributed by atoms with Crippen LogP contribution in [0.15, 0.2) is 106 Å². The Morgan fingerprint density at radius 1 is 0.565 bits per heavy atom. The highest BCUT2D eigenvalue weighted by Crippen LogP contribution is 2.13. The molecule has 0 N–H and O–H groups in total. The molecule has 0 radical (unpaired) electrons. The second kappa shape index (κ2) is 7.23. The second-order valence-corrected chi connectivity index (χ2v) is 5.03. The molecule has 0 aliphatic rings. The number of hydrogen-bond donors (Lipinski definition) is 0. The van der Waals surface area contributed by atoms with E-state index in [9.17, 15) is 4.79 Å². The lowest BCUT2D eigenvalue weighted by Gasteiger charge is -1.96. The summed E-state index contributed by atoms with van der Waals surface area (Å²) in [5.74, 6) is 0. The lowest BCUT2D eigenvalue weighted by Crippen LogP contribution is -2.00. The lowest BCUT2D eigenvalue weighted by molar-refractivity contribution is 0.513. The molecule has 4 rings (SSSR count). The molecule has 112 valence electrons. The van der Waals surface area contributed by atoms with Crippen LogP contribution in [0, 0.1) is 0 Å². The van der Waals surface area contributed by atoms with Crippen LogP contribution >= 0.6 is 0 Å². The third kappa shape index (κ3) is 3.74. The first kappa shape index (κ1) is 14.8. The van der Waals surface area contributed by atoms with Gasteiger partial charge >= 0.3 is 5.63 Å². The quantitative estimate of drug-likeness (QED) is 0.487. The van der Waals surface area contributed by atoms with Crippen LogP contribution in [-0.4, -0.2) is 0 Å². The van der Waals surface area contributed by atoms with Crippen molar-refractivity contribution in [3.05, 3.63) is 108 Å². The average Bonchev–Trinajstić information content (AvgIpc) is 2.63. The zero-order valence-electron chi connectivity index (χ0n) is 12.6. The molecular weight excluding hydrogens is 284 g/mol. The maximum Gasteiger partial charge on any atom is 0.343 e. The molecule has 2 nitrogen and oxygen atoms in total. The molecule has 1 heterocycles. The van der Waals surface area contributed by atoms with Crippen molar-refractivity contribution in [2.24, 2.45) is 0 Å². The second-order valence-electron chi connectivity index (χ2n) is 5.03. The zero-order chi connectivity index (χ0) is 15.9. The van der Waals surface area contributed by atoms with E-state index in [0.717, 1.165) is 5.56 Å². The van der Waals surface area contributed by atoms with Gasteiger partial charge in [-0.2, -0.15) is 0 Å². The Kier molecular flexibility index (Phi) is 4.65. The van der Waals surface area contributed by atoms with Gasteiger partial charge in [0.05, 0.1) is 11.8 Å². The molecule has 0 spiro atoms. The fourth-order valence-electron chi connectivity index (χ4n) is 2.33. The molecule has 1 aromatic heterocycles. The molecule has 0 unspecified atom stereocenters. The summed E-state index contributed by atoms with van der Waals surface area (Å²) in [6.45, 7) is 0. The Morgan fingerprint density at radius 2 is 1.09 bits per heavy atom. The topological polar surface area (TPSA) is 30.2 Å². The molecular formula is C21H16O2. The van der Waals surface area contributed by atoms with Crippen LogP contribution in [0.25, 0.3) is 21.9 Å². The van der Waals surface area contributed by atoms with Gasteiger partial charge in [0.15, 0.2) is 0 Å². The fraction of sp³-hybridized carbons (Fsp3) is 0. The van der Waals surface area contributed by atoms with Crippen LogP contribution < -0.4 is 5.63 Å². The van der Waals surface area contributed by atoms with Crippen molar-refractivity contribution in [3.8, 4) is 11.1 Å². The van der Waals surface area contributed by atoms with Crippen molar-refractivity contribution in [2.45, 2.75) is 0 Å². The van der Waals surface area contributed by atoms with Crippen molar-refractivity contribution >= 4 is 10.8 Å². The van der Waals surface area contributed by atoms with Crippen LogP contribution in [-0.2, 0) is 0 Å². The molecule has 0 aliphatic carbocycles. The van der Waals surface area contributed by atoms with Crippen molar-refractivity contribution in [3.63, 3.8) is 0 Å². The van der Waals surface area contributed by atoms with E-state index < -0.39 is 0 Å². The minimum Gasteiger partial charge on any atom is -0.431 e. The molecule has 0 bridgehead atoms. The molecule has 23 heavy (non-hydrogen) atoms. The Balaban J connectivity index is 0.000000140. The summed E-state index contributed by atoms with van der Waals surface area (Å²) in [7, 11) is 0. The molecule has 0 amide bonds. The van der Waals surface area contributed by atoms with Crippen LogP contribution in [0.2, 0.25) is 0 Å². The van der Waals surface area contributed by atoms with Crippen LogP contribution in [0.4, 0.5) is 0 Å². The van der Waals surface area contributed by atoms with Crippen LogP contribution in [0.5, 0.6) is 0 Å². The molecule has 0 saturated heterocycles. The van der Waals surface area contributed by atoms with E-state index >= 15 is 0 Å². The summed E-state index contributed by atoms with van der Waals surface area (Å²) in [5, 5.41) is 2.62. The number of rotatable bonds is 1. The fourth-order valence-corrected chi connectivity index (χ4v) is 2.33. The minimum absolute atomic E-state index is 0.297. The van der Waals surface area contributed by atoms with Gasteiger partial charge in [-0.15, -0.1) is 0 Å². The van der Waals surface area contributed by atoms with Gasteiger partial charge in [-0.05, 0) is 28.5 Å². The largest absolute Gasteiger partial charge is 0.431 e. The molecule has 2 heteroatoms. The first-order valence-electron chi connectivity index (χ1n) is 7.41. The van der Waals surface area contributed by atoms with Gasteiger partial charge in [-0.3, -0.25) is 0 Å². The van der Waals surface area contributed by atoms with E-state index in [1.165, 1.54) is 17.0 Å². The van der Waals surface area contributed by atoms with E-state index in [1.54, 1.807) is 12.1 Å². The predicted octanol–water partition coefficient (Wildman–Crippen LogP) is 5.15. The van der Waals surface area contributed by atoms with E-state index in [2.05, 4.69) is 48.5 Å². The summed E-state index contributed by atoms with van der Waals surface area (Å²) in [5.41, 5.74) is 1.19. The zero-order valence-corrected chi connectivity index (χ0v) is 12.6. The number of fused-ring (bicyclic) bond motifs is 1. The van der Waals surface area contributed by atoms with Gasteiger partial charge in [-0.1, -0.05) is 78.9 Å². The van der Waals surface area contributed by atoms with Crippen LogP contribution in [0.1, 0.15) is 0 Å². The summed E-state index contributed by atoms with van der Waals surface area (Å²) in [6, 6.07) is 29.6. The smallest absolute Gasteiger partial charge is 0.343 e. The Morgan fingerprint density at radius 3 is 1.61 bits per heavy atom. The first-order valence-corrected chi connectivity index (χ1v) is 7.41. The summed E-state index contributed by atoms with van der Waals surface area (Å²) in [6.07, 6.45) is 1.38. The molecule has 0 saturated carbocycles. The maximum atomic E-state index is 11.3. The van der Waals surface area contributed by atoms with Crippen molar-refractivity contribution in [1.82, 2.24) is 0 Å². The van der Waals surface area contributed by atoms with Gasteiger partial charge < -0.3 is 4.42 Å². The van der Waals surface area contributed by atoms with E-state index in [0.29, 0.717) is 5.56 Å². The first-order chi connectivity index (χ1) is 11.3. The highest BCUT2D eigenvalue weighted by atomic mass is 16.4. The summed E-state index contributed by atoms with van der Waals surface area (Å²) in [4.78, 5) is 11.3. The summed E-state index contributed by atoms with van der Waals surface area (Å²) < 4.78 is 4.76. The Labute approximate surface area is 134 Å². The molecule has 0 fully saturated rings. The van der Waals surface area contributed by atoms with Crippen molar-refractivity contribution in [2.75, 3.05) is 0 Å².